The van der Waals surface area contributed by atoms with Crippen molar-refractivity contribution in [3.8, 4) is 0 Å². The lowest BCUT2D eigenvalue weighted by Crippen LogP contribution is -2.17. The van der Waals surface area contributed by atoms with E-state index in [-0.39, 0.29) is 5.02 Å². The third-order valence-electron chi connectivity index (χ3n) is 2.73. The molecule has 0 fully saturated rings. The first-order valence-electron chi connectivity index (χ1n) is 5.82. The Kier molecular flexibility index (Phi) is 4.37. The first-order valence-corrected chi connectivity index (χ1v) is 6.20. The van der Waals surface area contributed by atoms with Crippen LogP contribution >= 0.6 is 11.6 Å². The van der Waals surface area contributed by atoms with Crippen LogP contribution in [0.3, 0.4) is 0 Å². The molecule has 2 nitrogen and oxygen atoms in total. The lowest BCUT2D eigenvalue weighted by atomic mass is 10.1. The van der Waals surface area contributed by atoms with Gasteiger partial charge in [0.1, 0.15) is 17.2 Å². The van der Waals surface area contributed by atoms with Crippen molar-refractivity contribution in [2.75, 3.05) is 5.32 Å². The standard InChI is InChI=1S/C14H7ClF5NO/c15-8-5-4-7(14(18,19)20)6-11(8)21-13(22)12-9(16)2-1-3-10(12)17/h1-6H,(H,21,22). The molecule has 0 radical (unpaired) electrons. The van der Waals surface area contributed by atoms with Gasteiger partial charge in [-0.05, 0) is 30.3 Å². The summed E-state index contributed by atoms with van der Waals surface area (Å²) in [5.74, 6) is -3.52. The van der Waals surface area contributed by atoms with Gasteiger partial charge in [0.05, 0.1) is 16.3 Å². The zero-order valence-corrected chi connectivity index (χ0v) is 11.4. The van der Waals surface area contributed by atoms with Crippen LogP contribution in [0.1, 0.15) is 15.9 Å². The zero-order chi connectivity index (χ0) is 16.5. The van der Waals surface area contributed by atoms with Crippen LogP contribution in [0.5, 0.6) is 0 Å². The molecule has 0 bridgehead atoms. The highest BCUT2D eigenvalue weighted by Gasteiger charge is 2.31. The van der Waals surface area contributed by atoms with E-state index in [4.69, 9.17) is 11.6 Å². The second-order valence-corrected chi connectivity index (χ2v) is 4.65. The van der Waals surface area contributed by atoms with Crippen LogP contribution in [0.25, 0.3) is 0 Å². The number of carbonyl (C=O) groups is 1. The quantitative estimate of drug-likeness (QED) is 0.778. The Hall–Kier alpha value is -2.15. The molecule has 0 saturated carbocycles. The zero-order valence-electron chi connectivity index (χ0n) is 10.6. The lowest BCUT2D eigenvalue weighted by molar-refractivity contribution is -0.137. The molecule has 0 aliphatic carbocycles. The summed E-state index contributed by atoms with van der Waals surface area (Å²) in [5.41, 5.74) is -2.36. The van der Waals surface area contributed by atoms with Crippen LogP contribution in [0, 0.1) is 11.6 Å². The molecule has 0 spiro atoms. The molecule has 1 amide bonds. The summed E-state index contributed by atoms with van der Waals surface area (Å²) < 4.78 is 64.8. The van der Waals surface area contributed by atoms with E-state index in [1.807, 2.05) is 5.32 Å². The van der Waals surface area contributed by atoms with Crippen molar-refractivity contribution in [3.05, 3.63) is 64.2 Å². The summed E-state index contributed by atoms with van der Waals surface area (Å²) in [4.78, 5) is 11.8. The summed E-state index contributed by atoms with van der Waals surface area (Å²) in [7, 11) is 0. The van der Waals surface area contributed by atoms with E-state index in [1.54, 1.807) is 0 Å². The fraction of sp³-hybridized carbons (Fsp3) is 0.0714. The highest BCUT2D eigenvalue weighted by molar-refractivity contribution is 6.34. The number of amides is 1. The molecule has 0 saturated heterocycles. The number of benzene rings is 2. The van der Waals surface area contributed by atoms with Gasteiger partial charge in [0.15, 0.2) is 0 Å². The minimum absolute atomic E-state index is 0.196. The minimum atomic E-state index is -4.65. The van der Waals surface area contributed by atoms with Crippen LogP contribution in [0.2, 0.25) is 5.02 Å². The van der Waals surface area contributed by atoms with Crippen molar-refractivity contribution in [1.82, 2.24) is 0 Å². The molecule has 0 aliphatic rings. The van der Waals surface area contributed by atoms with Gasteiger partial charge in [0.25, 0.3) is 5.91 Å². The number of nitrogens with one attached hydrogen (secondary N) is 1. The maximum Gasteiger partial charge on any atom is 0.416 e. The van der Waals surface area contributed by atoms with Crippen LogP contribution < -0.4 is 5.32 Å². The molecule has 2 rings (SSSR count). The Morgan fingerprint density at radius 3 is 2.18 bits per heavy atom. The molecule has 22 heavy (non-hydrogen) atoms. The Bertz CT molecular complexity index is 709. The van der Waals surface area contributed by atoms with E-state index in [0.29, 0.717) is 6.07 Å². The predicted molar refractivity (Wildman–Crippen MR) is 70.8 cm³/mol. The molecule has 2 aromatic rings. The first-order chi connectivity index (χ1) is 10.2. The molecule has 0 heterocycles. The van der Waals surface area contributed by atoms with E-state index >= 15 is 0 Å². The van der Waals surface area contributed by atoms with Crippen LogP contribution in [0.15, 0.2) is 36.4 Å². The van der Waals surface area contributed by atoms with Crippen LogP contribution in [0.4, 0.5) is 27.6 Å². The highest BCUT2D eigenvalue weighted by Crippen LogP contribution is 2.34. The van der Waals surface area contributed by atoms with Crippen molar-refractivity contribution >= 4 is 23.2 Å². The fourth-order valence-electron chi connectivity index (χ4n) is 1.70. The van der Waals surface area contributed by atoms with Gasteiger partial charge in [-0.2, -0.15) is 13.2 Å². The molecule has 116 valence electrons. The molecule has 2 aromatic carbocycles. The minimum Gasteiger partial charge on any atom is -0.320 e. The average Bonchev–Trinajstić information content (AvgIpc) is 2.39. The van der Waals surface area contributed by atoms with Crippen molar-refractivity contribution in [2.24, 2.45) is 0 Å². The Morgan fingerprint density at radius 1 is 1.05 bits per heavy atom. The lowest BCUT2D eigenvalue weighted by Gasteiger charge is -2.12. The van der Waals surface area contributed by atoms with Gasteiger partial charge >= 0.3 is 6.18 Å². The largest absolute Gasteiger partial charge is 0.416 e. The van der Waals surface area contributed by atoms with Gasteiger partial charge in [-0.3, -0.25) is 4.79 Å². The fourth-order valence-corrected chi connectivity index (χ4v) is 1.86. The van der Waals surface area contributed by atoms with Gasteiger partial charge in [-0.15, -0.1) is 0 Å². The van der Waals surface area contributed by atoms with Crippen molar-refractivity contribution in [2.45, 2.75) is 6.18 Å². The second kappa shape index (κ2) is 5.92. The second-order valence-electron chi connectivity index (χ2n) is 4.24. The number of rotatable bonds is 2. The summed E-state index contributed by atoms with van der Waals surface area (Å²) in [6.45, 7) is 0. The van der Waals surface area contributed by atoms with Gasteiger partial charge in [0, 0.05) is 0 Å². The number of anilines is 1. The predicted octanol–water partition coefficient (Wildman–Crippen LogP) is 4.89. The summed E-state index contributed by atoms with van der Waals surface area (Å²) >= 11 is 5.69. The van der Waals surface area contributed by atoms with Crippen molar-refractivity contribution in [3.63, 3.8) is 0 Å². The Morgan fingerprint density at radius 2 is 1.64 bits per heavy atom. The highest BCUT2D eigenvalue weighted by atomic mass is 35.5. The number of carbonyl (C=O) groups excluding carboxylic acids is 1. The topological polar surface area (TPSA) is 29.1 Å². The van der Waals surface area contributed by atoms with E-state index < -0.39 is 40.5 Å². The monoisotopic (exact) mass is 335 g/mol. The third kappa shape index (κ3) is 3.36. The number of hydrogen-bond donors (Lipinski definition) is 1. The normalized spacial score (nSPS) is 11.4. The Balaban J connectivity index is 2.37. The summed E-state index contributed by atoms with van der Waals surface area (Å²) in [6, 6.07) is 4.99. The summed E-state index contributed by atoms with van der Waals surface area (Å²) in [5, 5.41) is 1.77. The van der Waals surface area contributed by atoms with Gasteiger partial charge < -0.3 is 5.32 Å². The molecule has 0 aliphatic heterocycles. The summed E-state index contributed by atoms with van der Waals surface area (Å²) in [6.07, 6.45) is -4.65. The molecular formula is C14H7ClF5NO. The van der Waals surface area contributed by atoms with Crippen LogP contribution in [-0.2, 0) is 6.18 Å². The average molecular weight is 336 g/mol. The smallest absolute Gasteiger partial charge is 0.320 e. The van der Waals surface area contributed by atoms with Gasteiger partial charge in [-0.1, -0.05) is 17.7 Å². The SMILES string of the molecule is O=C(Nc1cc(C(F)(F)F)ccc1Cl)c1c(F)cccc1F. The number of alkyl halides is 3. The van der Waals surface area contributed by atoms with E-state index in [1.165, 1.54) is 0 Å². The maximum absolute atomic E-state index is 13.5. The molecule has 1 N–H and O–H groups in total. The Labute approximate surface area is 126 Å². The van der Waals surface area contributed by atoms with Crippen LogP contribution in [-0.4, -0.2) is 5.91 Å². The van der Waals surface area contributed by atoms with E-state index in [2.05, 4.69) is 0 Å². The van der Waals surface area contributed by atoms with E-state index in [0.717, 1.165) is 30.3 Å². The molecular weight excluding hydrogens is 329 g/mol. The molecule has 8 heteroatoms. The molecule has 0 unspecified atom stereocenters. The number of hydrogen-bond acceptors (Lipinski definition) is 1. The third-order valence-corrected chi connectivity index (χ3v) is 3.06. The van der Waals surface area contributed by atoms with Gasteiger partial charge in [0.2, 0.25) is 0 Å². The van der Waals surface area contributed by atoms with Crippen molar-refractivity contribution in [1.29, 1.82) is 0 Å². The van der Waals surface area contributed by atoms with Crippen molar-refractivity contribution < 1.29 is 26.7 Å². The molecule has 0 atom stereocenters. The van der Waals surface area contributed by atoms with E-state index in [9.17, 15) is 26.7 Å². The van der Waals surface area contributed by atoms with Gasteiger partial charge in [-0.25, -0.2) is 8.78 Å². The first kappa shape index (κ1) is 16.2. The molecule has 0 aromatic heterocycles. The number of halogens is 6. The maximum atomic E-state index is 13.5.